The second-order valence-corrected chi connectivity index (χ2v) is 12.8. The molecule has 20 nitrogen and oxygen atoms in total. The van der Waals surface area contributed by atoms with Crippen LogP contribution in [-0.2, 0) is 42.9 Å². The van der Waals surface area contributed by atoms with Crippen LogP contribution in [0.25, 0.3) is 0 Å². The number of aromatic nitrogens is 2. The summed E-state index contributed by atoms with van der Waals surface area (Å²) in [4.78, 5) is 73.4. The first kappa shape index (κ1) is 33.1. The summed E-state index contributed by atoms with van der Waals surface area (Å²) in [5.41, 5.74) is -1.84. The van der Waals surface area contributed by atoms with Gasteiger partial charge in [-0.1, -0.05) is 12.1 Å². The van der Waals surface area contributed by atoms with Gasteiger partial charge in [-0.25, -0.2) is 18.5 Å². The van der Waals surface area contributed by atoms with Gasteiger partial charge in [0.15, 0.2) is 0 Å². The molecule has 6 N–H and O–H groups in total. The number of aliphatic hydroxyl groups excluding tert-OH is 1. The van der Waals surface area contributed by atoms with Crippen molar-refractivity contribution in [3.8, 4) is 0 Å². The van der Waals surface area contributed by atoms with Crippen LogP contribution in [0.4, 0.5) is 5.69 Å². The lowest BCUT2D eigenvalue weighted by atomic mass is 10.1. The fraction of sp³-hybridized carbons (Fsp3) is 0.444. The summed E-state index contributed by atoms with van der Waals surface area (Å²) in [6.45, 7) is 0.154. The average Bonchev–Trinajstić information content (AvgIpc) is 3.19. The van der Waals surface area contributed by atoms with Gasteiger partial charge in [0.1, 0.15) is 12.3 Å². The van der Waals surface area contributed by atoms with Crippen molar-refractivity contribution in [2.24, 2.45) is 0 Å². The van der Waals surface area contributed by atoms with E-state index >= 15 is 0 Å². The van der Waals surface area contributed by atoms with E-state index in [0.29, 0.717) is 0 Å². The van der Waals surface area contributed by atoms with Crippen LogP contribution < -0.4 is 11.2 Å². The Morgan fingerprint density at radius 1 is 1.15 bits per heavy atom. The third-order valence-corrected chi connectivity index (χ3v) is 9.24. The van der Waals surface area contributed by atoms with Crippen molar-refractivity contribution in [2.75, 3.05) is 6.61 Å². The first-order chi connectivity index (χ1) is 18.9. The van der Waals surface area contributed by atoms with Crippen LogP contribution in [0.2, 0.25) is 0 Å². The van der Waals surface area contributed by atoms with Gasteiger partial charge in [0.05, 0.1) is 41.5 Å². The molecule has 228 valence electrons. The van der Waals surface area contributed by atoms with E-state index in [1.165, 1.54) is 25.1 Å². The van der Waals surface area contributed by atoms with E-state index in [-0.39, 0.29) is 23.2 Å². The first-order valence-corrected chi connectivity index (χ1v) is 15.7. The molecule has 0 bridgehead atoms. The number of phosphoric ester groups is 1. The van der Waals surface area contributed by atoms with E-state index in [9.17, 15) is 48.3 Å². The van der Waals surface area contributed by atoms with Crippen LogP contribution in [0.15, 0.2) is 40.1 Å². The Morgan fingerprint density at radius 3 is 2.44 bits per heavy atom. The van der Waals surface area contributed by atoms with Gasteiger partial charge in [0.2, 0.25) is 0 Å². The summed E-state index contributed by atoms with van der Waals surface area (Å²) in [5, 5.41) is 21.5. The maximum Gasteiger partial charge on any atom is 0.490 e. The molecule has 0 radical (unpaired) electrons. The van der Waals surface area contributed by atoms with Gasteiger partial charge >= 0.3 is 29.2 Å². The smallest absolute Gasteiger partial charge is 0.390 e. The molecular weight excluding hydrogens is 623 g/mol. The molecule has 1 fully saturated rings. The van der Waals surface area contributed by atoms with Gasteiger partial charge in [0, 0.05) is 18.7 Å². The fourth-order valence-electron chi connectivity index (χ4n) is 3.65. The highest BCUT2D eigenvalue weighted by Crippen LogP contribution is 2.66. The molecule has 3 unspecified atom stereocenters. The summed E-state index contributed by atoms with van der Waals surface area (Å²) >= 11 is 0. The number of para-hydroxylation sites is 1. The van der Waals surface area contributed by atoms with E-state index in [1.807, 2.05) is 4.98 Å². The predicted octanol–water partition coefficient (Wildman–Crippen LogP) is 0.714. The minimum atomic E-state index is -5.76. The number of nitrogens with one attached hydrogen (secondary N) is 1. The van der Waals surface area contributed by atoms with Crippen molar-refractivity contribution in [2.45, 2.75) is 44.5 Å². The Hall–Kier alpha value is -2.41. The topological polar surface area (TPSA) is 297 Å². The van der Waals surface area contributed by atoms with Gasteiger partial charge in [-0.05, 0) is 13.0 Å². The Kier molecular flexibility index (Phi) is 10.4. The Balaban J connectivity index is 1.68. The minimum absolute atomic E-state index is 0.0927. The predicted molar refractivity (Wildman–Crippen MR) is 132 cm³/mol. The second kappa shape index (κ2) is 12.8. The van der Waals surface area contributed by atoms with Gasteiger partial charge in [-0.15, -0.1) is 0 Å². The number of hydrogen-bond acceptors (Lipinski definition) is 13. The Morgan fingerprint density at radius 2 is 1.80 bits per heavy atom. The summed E-state index contributed by atoms with van der Waals surface area (Å²) < 4.78 is 57.6. The lowest BCUT2D eigenvalue weighted by Crippen LogP contribution is -2.34. The van der Waals surface area contributed by atoms with Crippen LogP contribution in [0.3, 0.4) is 0 Å². The van der Waals surface area contributed by atoms with Crippen molar-refractivity contribution in [3.05, 3.63) is 72.5 Å². The molecular formula is C18H24N3O17P3. The molecule has 1 aliphatic heterocycles. The van der Waals surface area contributed by atoms with Crippen molar-refractivity contribution >= 4 is 29.2 Å². The normalized spacial score (nSPS) is 23.0. The van der Waals surface area contributed by atoms with Gasteiger partial charge < -0.3 is 34.2 Å². The lowest BCUT2D eigenvalue weighted by Gasteiger charge is -2.19. The molecule has 3 rings (SSSR count). The molecule has 0 spiro atoms. The van der Waals surface area contributed by atoms with E-state index < -0.39 is 77.4 Å². The fourth-order valence-corrected chi connectivity index (χ4v) is 6.68. The molecule has 1 aliphatic rings. The SMILES string of the molecule is CC(OCc1cn([C@H]2C[C@H](O)[C@@H](COP(=O)(O)OP(=O)(O)OP(=O)(O)O)O2)c(=O)[nH]c1=O)c1ccccc1[N+](=O)[O-]. The quantitative estimate of drug-likeness (QED) is 0.0991. The van der Waals surface area contributed by atoms with E-state index in [4.69, 9.17) is 19.3 Å². The third kappa shape index (κ3) is 9.29. The zero-order chi connectivity index (χ0) is 30.8. The number of nitro benzene ring substituents is 1. The lowest BCUT2D eigenvalue weighted by molar-refractivity contribution is -0.386. The summed E-state index contributed by atoms with van der Waals surface area (Å²) in [7, 11) is -16.8. The third-order valence-electron chi connectivity index (χ3n) is 5.43. The molecule has 0 aliphatic carbocycles. The van der Waals surface area contributed by atoms with E-state index in [0.717, 1.165) is 10.8 Å². The summed E-state index contributed by atoms with van der Waals surface area (Å²) in [5.74, 6) is 0. The number of rotatable bonds is 13. The minimum Gasteiger partial charge on any atom is -0.390 e. The number of benzene rings is 1. The van der Waals surface area contributed by atoms with Crippen LogP contribution in [0.5, 0.6) is 0 Å². The monoisotopic (exact) mass is 647 g/mol. The van der Waals surface area contributed by atoms with Crippen molar-refractivity contribution < 1.29 is 65.9 Å². The zero-order valence-corrected chi connectivity index (χ0v) is 23.4. The molecule has 41 heavy (non-hydrogen) atoms. The number of nitro groups is 1. The van der Waals surface area contributed by atoms with E-state index in [1.54, 1.807) is 6.07 Å². The second-order valence-electron chi connectivity index (χ2n) is 8.41. The standard InChI is InChI=1S/C18H24N3O17P3/c1-10(12-4-2-3-5-13(12)21(25)26)34-8-11-7-20(18(24)19-17(11)23)16-6-14(22)15(36-16)9-35-40(30,31)38-41(32,33)37-39(27,28)29/h2-5,7,10,14-16,22H,6,8-9H2,1H3,(H,30,31)(H,32,33)(H,19,23,24)(H2,27,28,29)/t10?,14-,15+,16+/m0/s1. The molecule has 2 heterocycles. The van der Waals surface area contributed by atoms with Crippen LogP contribution in [0, 0.1) is 10.1 Å². The molecule has 23 heteroatoms. The van der Waals surface area contributed by atoms with Crippen molar-refractivity contribution in [1.29, 1.82) is 0 Å². The van der Waals surface area contributed by atoms with Gasteiger partial charge in [-0.2, -0.15) is 8.62 Å². The number of H-pyrrole nitrogens is 1. The first-order valence-electron chi connectivity index (χ1n) is 11.2. The molecule has 0 amide bonds. The van der Waals surface area contributed by atoms with Crippen LogP contribution >= 0.6 is 23.5 Å². The molecule has 6 atom stereocenters. The molecule has 2 aromatic rings. The maximum atomic E-state index is 12.4. The zero-order valence-electron chi connectivity index (χ0n) is 20.7. The number of nitrogens with zero attached hydrogens (tertiary/aromatic N) is 2. The highest BCUT2D eigenvalue weighted by molar-refractivity contribution is 7.66. The van der Waals surface area contributed by atoms with Crippen molar-refractivity contribution in [3.63, 3.8) is 0 Å². The van der Waals surface area contributed by atoms with Crippen LogP contribution in [0.1, 0.15) is 36.8 Å². The summed E-state index contributed by atoms with van der Waals surface area (Å²) in [6, 6.07) is 5.80. The van der Waals surface area contributed by atoms with Gasteiger partial charge in [-0.3, -0.25) is 29.0 Å². The number of aromatic amines is 1. The maximum absolute atomic E-state index is 12.4. The average molecular weight is 647 g/mol. The molecule has 1 saturated heterocycles. The Labute approximate surface area is 228 Å². The number of phosphoric acid groups is 3. The highest BCUT2D eigenvalue weighted by Gasteiger charge is 2.43. The van der Waals surface area contributed by atoms with Gasteiger partial charge in [0.25, 0.3) is 11.2 Å². The summed E-state index contributed by atoms with van der Waals surface area (Å²) in [6.07, 6.45) is -4.19. The largest absolute Gasteiger partial charge is 0.490 e. The Bertz CT molecular complexity index is 1540. The number of ether oxygens (including phenoxy) is 2. The van der Waals surface area contributed by atoms with E-state index in [2.05, 4.69) is 13.1 Å². The van der Waals surface area contributed by atoms with Crippen LogP contribution in [-0.4, -0.2) is 58.0 Å². The number of hydrogen-bond donors (Lipinski definition) is 6. The number of aliphatic hydroxyl groups is 1. The highest BCUT2D eigenvalue weighted by atomic mass is 31.3. The molecule has 0 saturated carbocycles. The molecule has 1 aromatic carbocycles. The molecule has 1 aromatic heterocycles. The van der Waals surface area contributed by atoms with Crippen molar-refractivity contribution in [1.82, 2.24) is 9.55 Å².